The van der Waals surface area contributed by atoms with Crippen molar-refractivity contribution >= 4 is 46.7 Å². The number of amides is 5. The molecule has 1 atom stereocenters. The Morgan fingerprint density at radius 3 is 2.15 bits per heavy atom. The lowest BCUT2D eigenvalue weighted by molar-refractivity contribution is -0.142. The number of imide groups is 1. The van der Waals surface area contributed by atoms with Crippen LogP contribution in [0.25, 0.3) is 5.70 Å². The summed E-state index contributed by atoms with van der Waals surface area (Å²) in [4.78, 5) is 63.7. The molecule has 0 spiro atoms. The SMILES string of the molecule is CN(CC1CCN(c2ccc(N3CCC(=O)NC3=O)cc2)CC1)C1CC(C(=O)N2CCC([C@@H]3CCNC(C(C(N)=O)=C(N)c4ccc(Oc5ccccc5)cc4)=N3)CC2)C1. The molecule has 1 aliphatic carbocycles. The van der Waals surface area contributed by atoms with Gasteiger partial charge in [-0.25, -0.2) is 4.79 Å². The number of hydrogen-bond donors (Lipinski definition) is 4. The summed E-state index contributed by atoms with van der Waals surface area (Å²) in [6.07, 6.45) is 6.95. The molecule has 5 amide bonds. The van der Waals surface area contributed by atoms with E-state index in [1.165, 1.54) is 0 Å². The van der Waals surface area contributed by atoms with E-state index in [0.717, 1.165) is 94.8 Å². The highest BCUT2D eigenvalue weighted by Gasteiger charge is 2.41. The van der Waals surface area contributed by atoms with E-state index in [9.17, 15) is 19.2 Å². The van der Waals surface area contributed by atoms with E-state index in [1.54, 1.807) is 4.90 Å². The molecule has 4 fully saturated rings. The molecule has 316 valence electrons. The number of rotatable bonds is 12. The summed E-state index contributed by atoms with van der Waals surface area (Å²) in [7, 11) is 2.21. The number of carbonyl (C=O) groups excluding carboxylic acids is 4. The second kappa shape index (κ2) is 18.2. The van der Waals surface area contributed by atoms with Crippen molar-refractivity contribution in [3.05, 3.63) is 90.0 Å². The Balaban J connectivity index is 0.773. The molecule has 3 aromatic rings. The van der Waals surface area contributed by atoms with Crippen LogP contribution in [0.15, 0.2) is 89.4 Å². The van der Waals surface area contributed by atoms with Gasteiger partial charge < -0.3 is 36.2 Å². The lowest BCUT2D eigenvalue weighted by Crippen LogP contribution is -2.52. The van der Waals surface area contributed by atoms with Gasteiger partial charge in [0.2, 0.25) is 11.8 Å². The molecule has 14 nitrogen and oxygen atoms in total. The number of primary amides is 1. The van der Waals surface area contributed by atoms with Gasteiger partial charge in [0.1, 0.15) is 22.9 Å². The van der Waals surface area contributed by atoms with Gasteiger partial charge in [0, 0.05) is 75.6 Å². The van der Waals surface area contributed by atoms with Crippen LogP contribution in [0.4, 0.5) is 16.2 Å². The average Bonchev–Trinajstić information content (AvgIpc) is 3.24. The summed E-state index contributed by atoms with van der Waals surface area (Å²) in [5.74, 6) is 2.24. The summed E-state index contributed by atoms with van der Waals surface area (Å²) in [6, 6.07) is 24.9. The summed E-state index contributed by atoms with van der Waals surface area (Å²) < 4.78 is 5.91. The summed E-state index contributed by atoms with van der Waals surface area (Å²) in [5.41, 5.74) is 15.5. The van der Waals surface area contributed by atoms with E-state index in [4.69, 9.17) is 21.2 Å². The van der Waals surface area contributed by atoms with Gasteiger partial charge in [0.25, 0.3) is 5.91 Å². The molecular formula is C46H57N9O5. The second-order valence-corrected chi connectivity index (χ2v) is 17.0. The van der Waals surface area contributed by atoms with Crippen LogP contribution in [-0.4, -0.2) is 104 Å². The van der Waals surface area contributed by atoms with Crippen molar-refractivity contribution in [3.8, 4) is 11.5 Å². The lowest BCUT2D eigenvalue weighted by Gasteiger charge is -2.45. The molecule has 8 rings (SSSR count). The molecule has 5 aliphatic rings. The zero-order valence-electron chi connectivity index (χ0n) is 34.4. The highest BCUT2D eigenvalue weighted by atomic mass is 16.5. The molecule has 6 N–H and O–H groups in total. The molecule has 3 saturated heterocycles. The van der Waals surface area contributed by atoms with Crippen molar-refractivity contribution in [1.29, 1.82) is 0 Å². The van der Waals surface area contributed by atoms with Crippen LogP contribution in [-0.2, 0) is 14.4 Å². The Morgan fingerprint density at radius 1 is 0.817 bits per heavy atom. The Kier molecular flexibility index (Phi) is 12.4. The maximum Gasteiger partial charge on any atom is 0.328 e. The van der Waals surface area contributed by atoms with Crippen LogP contribution in [0.2, 0.25) is 0 Å². The van der Waals surface area contributed by atoms with Crippen molar-refractivity contribution in [1.82, 2.24) is 20.4 Å². The topological polar surface area (TPSA) is 179 Å². The molecule has 4 heterocycles. The molecule has 3 aromatic carbocycles. The summed E-state index contributed by atoms with van der Waals surface area (Å²) in [6.45, 7) is 5.52. The largest absolute Gasteiger partial charge is 0.457 e. The molecule has 0 aromatic heterocycles. The molecule has 0 radical (unpaired) electrons. The van der Waals surface area contributed by atoms with E-state index in [-0.39, 0.29) is 41.1 Å². The number of aliphatic imine (C=N–C) groups is 1. The lowest BCUT2D eigenvalue weighted by atomic mass is 9.77. The van der Waals surface area contributed by atoms with E-state index >= 15 is 0 Å². The minimum absolute atomic E-state index is 0.0136. The number of benzene rings is 3. The predicted octanol–water partition coefficient (Wildman–Crippen LogP) is 4.71. The number of nitrogens with two attached hydrogens (primary N) is 2. The number of nitrogens with one attached hydrogen (secondary N) is 2. The first-order valence-corrected chi connectivity index (χ1v) is 21.5. The first-order chi connectivity index (χ1) is 29.1. The van der Waals surface area contributed by atoms with Crippen molar-refractivity contribution in [2.24, 2.45) is 34.2 Å². The first kappa shape index (κ1) is 40.9. The number of ether oxygens (including phenoxy) is 1. The quantitative estimate of drug-likeness (QED) is 0.189. The van der Waals surface area contributed by atoms with E-state index in [1.807, 2.05) is 66.7 Å². The first-order valence-electron chi connectivity index (χ1n) is 21.5. The van der Waals surface area contributed by atoms with E-state index < -0.39 is 5.91 Å². The maximum atomic E-state index is 13.6. The fourth-order valence-corrected chi connectivity index (χ4v) is 9.45. The molecule has 0 unspecified atom stereocenters. The number of urea groups is 1. The maximum absolute atomic E-state index is 13.6. The zero-order valence-corrected chi connectivity index (χ0v) is 34.4. The van der Waals surface area contributed by atoms with Gasteiger partial charge in [-0.2, -0.15) is 0 Å². The van der Waals surface area contributed by atoms with Crippen molar-refractivity contribution in [3.63, 3.8) is 0 Å². The van der Waals surface area contributed by atoms with Gasteiger partial charge in [0.15, 0.2) is 0 Å². The second-order valence-electron chi connectivity index (χ2n) is 17.0. The standard InChI is InChI=1S/C46H57N9O5/c1-52(29-30-16-22-53(23-17-30)34-9-11-35(12-10-34)55-26-20-40(56)51-46(55)59)36-27-33(28-36)45(58)54-24-18-31(19-25-54)39-15-21-49-44(50-39)41(43(48)57)42(47)32-7-13-38(14-8-32)60-37-5-3-2-4-6-37/h2-14,30-31,33,36,39H,15-29,47H2,1H3,(H2,48,57)(H,49,50)(H,51,56,59)/t33?,36?,39-/m0/s1. The average molecular weight is 816 g/mol. The third-order valence-corrected chi connectivity index (χ3v) is 13.1. The predicted molar refractivity (Wildman–Crippen MR) is 232 cm³/mol. The Morgan fingerprint density at radius 2 is 1.48 bits per heavy atom. The Bertz CT molecular complexity index is 2090. The minimum atomic E-state index is -0.634. The monoisotopic (exact) mass is 815 g/mol. The number of piperidine rings is 2. The number of hydrogen-bond acceptors (Lipinski definition) is 10. The molecule has 4 aliphatic heterocycles. The summed E-state index contributed by atoms with van der Waals surface area (Å²) >= 11 is 0. The third kappa shape index (κ3) is 9.28. The van der Waals surface area contributed by atoms with Gasteiger partial charge in [-0.15, -0.1) is 0 Å². The minimum Gasteiger partial charge on any atom is -0.457 e. The number of amidine groups is 1. The molecular weight excluding hydrogens is 759 g/mol. The van der Waals surface area contributed by atoms with Crippen LogP contribution in [0.5, 0.6) is 11.5 Å². The highest BCUT2D eigenvalue weighted by molar-refractivity contribution is 6.25. The van der Waals surface area contributed by atoms with Gasteiger partial charge in [-0.1, -0.05) is 18.2 Å². The van der Waals surface area contributed by atoms with E-state index in [0.29, 0.717) is 54.5 Å². The third-order valence-electron chi connectivity index (χ3n) is 13.1. The molecule has 60 heavy (non-hydrogen) atoms. The number of likely N-dealkylation sites (tertiary alicyclic amines) is 1. The Hall–Kier alpha value is -5.89. The van der Waals surface area contributed by atoms with Gasteiger partial charge in [0.05, 0.1) is 11.7 Å². The molecule has 1 saturated carbocycles. The number of carbonyl (C=O) groups is 4. The zero-order chi connectivity index (χ0) is 41.8. The number of anilines is 2. The number of para-hydroxylation sites is 1. The van der Waals surface area contributed by atoms with Crippen molar-refractivity contribution < 1.29 is 23.9 Å². The van der Waals surface area contributed by atoms with Crippen LogP contribution >= 0.6 is 0 Å². The van der Waals surface area contributed by atoms with Gasteiger partial charge in [-0.05, 0) is 130 Å². The van der Waals surface area contributed by atoms with Crippen LogP contribution in [0, 0.1) is 17.8 Å². The fraction of sp³-hybridized carbons (Fsp3) is 0.457. The normalized spacial score (nSPS) is 23.3. The Labute approximate surface area is 352 Å². The highest BCUT2D eigenvalue weighted by Crippen LogP contribution is 2.36. The van der Waals surface area contributed by atoms with Crippen molar-refractivity contribution in [2.45, 2.75) is 63.5 Å². The van der Waals surface area contributed by atoms with Crippen LogP contribution in [0.3, 0.4) is 0 Å². The fourth-order valence-electron chi connectivity index (χ4n) is 9.45. The van der Waals surface area contributed by atoms with Gasteiger partial charge in [-0.3, -0.25) is 29.6 Å². The molecule has 0 bridgehead atoms. The molecule has 14 heteroatoms. The van der Waals surface area contributed by atoms with Gasteiger partial charge >= 0.3 is 6.03 Å². The van der Waals surface area contributed by atoms with Crippen LogP contribution < -0.4 is 36.6 Å². The van der Waals surface area contributed by atoms with E-state index in [2.05, 4.69) is 44.5 Å². The smallest absolute Gasteiger partial charge is 0.328 e. The summed E-state index contributed by atoms with van der Waals surface area (Å²) in [5, 5.41) is 5.67. The van der Waals surface area contributed by atoms with Crippen LogP contribution in [0.1, 0.15) is 56.9 Å². The van der Waals surface area contributed by atoms with Crippen molar-refractivity contribution in [2.75, 3.05) is 62.7 Å². The number of nitrogens with zero attached hydrogens (tertiary/aromatic N) is 5.